The van der Waals surface area contributed by atoms with Crippen LogP contribution in [0.2, 0.25) is 0 Å². The molecule has 0 aliphatic rings. The maximum absolute atomic E-state index is 11.2. The minimum absolute atomic E-state index is 0.0585. The molecule has 1 aromatic carbocycles. The Bertz CT molecular complexity index is 794. The molecule has 106 valence electrons. The number of aromatic nitrogens is 2. The lowest BCUT2D eigenvalue weighted by Gasteiger charge is -2.08. The van der Waals surface area contributed by atoms with Crippen LogP contribution in [0.25, 0.3) is 16.6 Å². The molecule has 0 atom stereocenters. The fraction of sp³-hybridized carbons (Fsp3) is 0.133. The Morgan fingerprint density at radius 2 is 2.05 bits per heavy atom. The molecule has 6 heteroatoms. The van der Waals surface area contributed by atoms with Gasteiger partial charge in [0, 0.05) is 6.20 Å². The summed E-state index contributed by atoms with van der Waals surface area (Å²) in [7, 11) is 0. The van der Waals surface area contributed by atoms with Gasteiger partial charge in [0.15, 0.2) is 0 Å². The van der Waals surface area contributed by atoms with Crippen LogP contribution in [0.3, 0.4) is 0 Å². The van der Waals surface area contributed by atoms with E-state index in [1.807, 2.05) is 6.92 Å². The molecule has 3 aromatic rings. The van der Waals surface area contributed by atoms with Crippen molar-refractivity contribution >= 4 is 16.7 Å². The first kappa shape index (κ1) is 13.1. The molecular weight excluding hydrogens is 270 g/mol. The molecule has 0 amide bonds. The van der Waals surface area contributed by atoms with Crippen molar-refractivity contribution in [2.24, 2.45) is 5.18 Å². The summed E-state index contributed by atoms with van der Waals surface area (Å²) < 4.78 is 6.75. The number of fused-ring (bicyclic) bond motifs is 1. The van der Waals surface area contributed by atoms with Crippen molar-refractivity contribution in [3.8, 4) is 17.3 Å². The zero-order valence-electron chi connectivity index (χ0n) is 11.4. The number of ether oxygens (including phenoxy) is 1. The molecule has 0 saturated carbocycles. The van der Waals surface area contributed by atoms with E-state index in [1.165, 1.54) is 4.57 Å². The summed E-state index contributed by atoms with van der Waals surface area (Å²) in [6.07, 6.45) is 1.55. The first-order chi connectivity index (χ1) is 10.3. The van der Waals surface area contributed by atoms with E-state index in [4.69, 9.17) is 4.74 Å². The maximum atomic E-state index is 11.2. The molecule has 21 heavy (non-hydrogen) atoms. The standard InChI is InChI=1S/C15H13N3O3/c1-2-21-11-7-5-10(6-8-11)18-14(17-20)13-12(15(18)19)4-3-9-16-13/h3-9,19H,2H2,1H3. The summed E-state index contributed by atoms with van der Waals surface area (Å²) >= 11 is 0. The number of aromatic hydroxyl groups is 1. The normalized spacial score (nSPS) is 10.7. The average Bonchev–Trinajstić information content (AvgIpc) is 2.81. The number of benzene rings is 1. The van der Waals surface area contributed by atoms with Gasteiger partial charge in [0.2, 0.25) is 11.7 Å². The number of pyridine rings is 1. The number of hydrogen-bond acceptors (Lipinski definition) is 5. The van der Waals surface area contributed by atoms with Crippen LogP contribution >= 0.6 is 0 Å². The molecule has 0 spiro atoms. The van der Waals surface area contributed by atoms with Crippen LogP contribution in [0, 0.1) is 4.91 Å². The van der Waals surface area contributed by atoms with Gasteiger partial charge in [-0.2, -0.15) is 0 Å². The molecule has 1 N–H and O–H groups in total. The third-order valence-corrected chi connectivity index (χ3v) is 3.18. The Labute approximate surface area is 120 Å². The van der Waals surface area contributed by atoms with Crippen molar-refractivity contribution in [1.82, 2.24) is 9.55 Å². The summed E-state index contributed by atoms with van der Waals surface area (Å²) in [5.41, 5.74) is 0.988. The van der Waals surface area contributed by atoms with Gasteiger partial charge in [-0.05, 0) is 48.5 Å². The lowest BCUT2D eigenvalue weighted by Crippen LogP contribution is -1.94. The lowest BCUT2D eigenvalue weighted by atomic mass is 10.3. The molecular formula is C15H13N3O3. The third-order valence-electron chi connectivity index (χ3n) is 3.18. The van der Waals surface area contributed by atoms with Crippen LogP contribution in [0.1, 0.15) is 6.92 Å². The topological polar surface area (TPSA) is 76.7 Å². The van der Waals surface area contributed by atoms with E-state index in [1.54, 1.807) is 42.6 Å². The van der Waals surface area contributed by atoms with Crippen LogP contribution in [0.15, 0.2) is 47.8 Å². The quantitative estimate of drug-likeness (QED) is 0.743. The molecule has 0 fully saturated rings. The highest BCUT2D eigenvalue weighted by Crippen LogP contribution is 2.38. The van der Waals surface area contributed by atoms with E-state index in [0.29, 0.717) is 23.2 Å². The minimum atomic E-state index is -0.0585. The van der Waals surface area contributed by atoms with Crippen molar-refractivity contribution in [2.75, 3.05) is 6.61 Å². The molecule has 0 aliphatic heterocycles. The van der Waals surface area contributed by atoms with Crippen LogP contribution in [0.4, 0.5) is 5.82 Å². The maximum Gasteiger partial charge on any atom is 0.211 e. The highest BCUT2D eigenvalue weighted by atomic mass is 16.5. The summed E-state index contributed by atoms with van der Waals surface area (Å²) in [4.78, 5) is 15.3. The van der Waals surface area contributed by atoms with Gasteiger partial charge in [-0.15, -0.1) is 4.91 Å². The predicted octanol–water partition coefficient (Wildman–Crippen LogP) is 3.53. The zero-order chi connectivity index (χ0) is 14.8. The van der Waals surface area contributed by atoms with Crippen molar-refractivity contribution in [3.05, 3.63) is 47.5 Å². The Kier molecular flexibility index (Phi) is 3.27. The fourth-order valence-corrected chi connectivity index (χ4v) is 2.28. The number of nitrogens with zero attached hydrogens (tertiary/aromatic N) is 3. The first-order valence-electron chi connectivity index (χ1n) is 6.51. The van der Waals surface area contributed by atoms with E-state index in [2.05, 4.69) is 10.2 Å². The molecule has 0 radical (unpaired) electrons. The second-order valence-electron chi connectivity index (χ2n) is 4.40. The van der Waals surface area contributed by atoms with Crippen molar-refractivity contribution in [3.63, 3.8) is 0 Å². The summed E-state index contributed by atoms with van der Waals surface area (Å²) in [6.45, 7) is 2.47. The van der Waals surface area contributed by atoms with Crippen LogP contribution < -0.4 is 4.74 Å². The van der Waals surface area contributed by atoms with E-state index in [0.717, 1.165) is 5.75 Å². The molecule has 2 aromatic heterocycles. The highest BCUT2D eigenvalue weighted by molar-refractivity contribution is 5.94. The zero-order valence-corrected chi connectivity index (χ0v) is 11.4. The van der Waals surface area contributed by atoms with Crippen molar-refractivity contribution in [1.29, 1.82) is 0 Å². The number of rotatable bonds is 4. The van der Waals surface area contributed by atoms with Crippen molar-refractivity contribution in [2.45, 2.75) is 6.92 Å². The Morgan fingerprint density at radius 1 is 1.29 bits per heavy atom. The van der Waals surface area contributed by atoms with Gasteiger partial charge in [-0.1, -0.05) is 0 Å². The summed E-state index contributed by atoms with van der Waals surface area (Å²) in [5, 5.41) is 13.8. The molecule has 6 nitrogen and oxygen atoms in total. The molecule has 0 saturated heterocycles. The van der Waals surface area contributed by atoms with Crippen LogP contribution in [0.5, 0.6) is 11.6 Å². The van der Waals surface area contributed by atoms with E-state index in [9.17, 15) is 10.0 Å². The third kappa shape index (κ3) is 2.10. The van der Waals surface area contributed by atoms with Crippen LogP contribution in [-0.2, 0) is 0 Å². The Hall–Kier alpha value is -2.89. The molecule has 0 aliphatic carbocycles. The second-order valence-corrected chi connectivity index (χ2v) is 4.40. The van der Waals surface area contributed by atoms with E-state index >= 15 is 0 Å². The van der Waals surface area contributed by atoms with Gasteiger partial charge in [-0.25, -0.2) is 0 Å². The monoisotopic (exact) mass is 283 g/mol. The van der Waals surface area contributed by atoms with Gasteiger partial charge >= 0.3 is 0 Å². The molecule has 3 rings (SSSR count). The van der Waals surface area contributed by atoms with Gasteiger partial charge < -0.3 is 9.84 Å². The average molecular weight is 283 g/mol. The highest BCUT2D eigenvalue weighted by Gasteiger charge is 2.19. The largest absolute Gasteiger partial charge is 0.494 e. The van der Waals surface area contributed by atoms with Gasteiger partial charge in [0.1, 0.15) is 11.3 Å². The van der Waals surface area contributed by atoms with Gasteiger partial charge in [0.25, 0.3) is 0 Å². The summed E-state index contributed by atoms with van der Waals surface area (Å²) in [6, 6.07) is 10.4. The SMILES string of the molecule is CCOc1ccc(-n2c(O)c3cccnc3c2N=O)cc1. The molecule has 2 heterocycles. The second kappa shape index (κ2) is 5.24. The van der Waals surface area contributed by atoms with E-state index < -0.39 is 0 Å². The Balaban J connectivity index is 2.19. The molecule has 0 unspecified atom stereocenters. The first-order valence-corrected chi connectivity index (χ1v) is 6.51. The van der Waals surface area contributed by atoms with Crippen LogP contribution in [-0.4, -0.2) is 21.3 Å². The fourth-order valence-electron chi connectivity index (χ4n) is 2.28. The van der Waals surface area contributed by atoms with E-state index in [-0.39, 0.29) is 11.7 Å². The lowest BCUT2D eigenvalue weighted by molar-refractivity contribution is 0.340. The smallest absolute Gasteiger partial charge is 0.211 e. The molecule has 0 bridgehead atoms. The Morgan fingerprint density at radius 3 is 2.71 bits per heavy atom. The predicted molar refractivity (Wildman–Crippen MR) is 79.4 cm³/mol. The number of nitroso groups, excluding NO2 is 1. The van der Waals surface area contributed by atoms with Gasteiger partial charge in [-0.3, -0.25) is 9.55 Å². The summed E-state index contributed by atoms with van der Waals surface area (Å²) in [5.74, 6) is 0.736. The minimum Gasteiger partial charge on any atom is -0.494 e. The number of hydrogen-bond donors (Lipinski definition) is 1. The van der Waals surface area contributed by atoms with Crippen molar-refractivity contribution < 1.29 is 9.84 Å². The van der Waals surface area contributed by atoms with Gasteiger partial charge in [0.05, 0.1) is 17.7 Å².